The van der Waals surface area contributed by atoms with E-state index in [2.05, 4.69) is 4.74 Å². The van der Waals surface area contributed by atoms with Crippen molar-refractivity contribution in [1.82, 2.24) is 0 Å². The van der Waals surface area contributed by atoms with Crippen molar-refractivity contribution in [1.29, 1.82) is 5.26 Å². The number of thiophene rings is 1. The lowest BCUT2D eigenvalue weighted by molar-refractivity contribution is -0.0512. The maximum absolute atomic E-state index is 12.4. The van der Waals surface area contributed by atoms with Gasteiger partial charge in [-0.1, -0.05) is 12.1 Å². The summed E-state index contributed by atoms with van der Waals surface area (Å²) in [4.78, 5) is 12.6. The molecule has 1 aromatic carbocycles. The minimum absolute atomic E-state index is 0.0967. The fourth-order valence-electron chi connectivity index (χ4n) is 1.83. The summed E-state index contributed by atoms with van der Waals surface area (Å²) in [6.07, 6.45) is 1.32. The van der Waals surface area contributed by atoms with Crippen LogP contribution in [0.1, 0.15) is 15.2 Å². The fraction of sp³-hybridized carbons (Fsp3) is 0.125. The first kappa shape index (κ1) is 16.6. The van der Waals surface area contributed by atoms with Crippen LogP contribution in [-0.4, -0.2) is 19.5 Å². The maximum Gasteiger partial charge on any atom is 0.387 e. The molecule has 0 fully saturated rings. The van der Waals surface area contributed by atoms with Crippen molar-refractivity contribution in [2.24, 2.45) is 0 Å². The second kappa shape index (κ2) is 7.51. The minimum Gasteiger partial charge on any atom is -0.493 e. The number of Topliss-reactive ketones (excluding diaryl/α,β-unsaturated/α-hetero) is 1. The summed E-state index contributed by atoms with van der Waals surface area (Å²) in [5, 5.41) is 10.9. The third-order valence-corrected chi connectivity index (χ3v) is 3.69. The third kappa shape index (κ3) is 4.14. The van der Waals surface area contributed by atoms with Crippen LogP contribution in [0.3, 0.4) is 0 Å². The zero-order chi connectivity index (χ0) is 16.8. The van der Waals surface area contributed by atoms with Gasteiger partial charge in [-0.2, -0.15) is 14.0 Å². The first-order chi connectivity index (χ1) is 11.0. The monoisotopic (exact) mass is 335 g/mol. The molecule has 0 atom stereocenters. The van der Waals surface area contributed by atoms with Crippen molar-refractivity contribution in [2.75, 3.05) is 7.11 Å². The van der Waals surface area contributed by atoms with Gasteiger partial charge in [-0.15, -0.1) is 11.3 Å². The molecule has 0 aliphatic carbocycles. The lowest BCUT2D eigenvalue weighted by Crippen LogP contribution is -2.04. The number of ketones is 1. The molecular formula is C16H11F2NO3S. The Morgan fingerprint density at radius 3 is 2.70 bits per heavy atom. The standard InChI is InChI=1S/C16H11F2NO3S/c1-21-12-5-4-10(8-13(12)22-16(17)18)7-11(9-19)15(20)14-3-2-6-23-14/h2-8,16H,1H3/b11-7+. The number of hydrogen-bond acceptors (Lipinski definition) is 5. The van der Waals surface area contributed by atoms with Crippen LogP contribution in [0.4, 0.5) is 8.78 Å². The number of nitrogens with zero attached hydrogens (tertiary/aromatic N) is 1. The molecule has 0 radical (unpaired) electrons. The molecular weight excluding hydrogens is 324 g/mol. The van der Waals surface area contributed by atoms with E-state index in [1.807, 2.05) is 6.07 Å². The molecule has 0 bridgehead atoms. The summed E-state index contributed by atoms with van der Waals surface area (Å²) < 4.78 is 34.1. The van der Waals surface area contributed by atoms with Crippen LogP contribution in [0.15, 0.2) is 41.3 Å². The van der Waals surface area contributed by atoms with Crippen molar-refractivity contribution < 1.29 is 23.0 Å². The second-order valence-corrected chi connectivity index (χ2v) is 5.21. The average molecular weight is 335 g/mol. The molecule has 4 nitrogen and oxygen atoms in total. The van der Waals surface area contributed by atoms with Crippen LogP contribution >= 0.6 is 11.3 Å². The molecule has 2 rings (SSSR count). The molecule has 1 aromatic heterocycles. The van der Waals surface area contributed by atoms with Gasteiger partial charge in [0.1, 0.15) is 11.6 Å². The molecule has 0 amide bonds. The number of benzene rings is 1. The SMILES string of the molecule is COc1ccc(/C=C(\C#N)C(=O)c2cccs2)cc1OC(F)F. The Balaban J connectivity index is 2.36. The van der Waals surface area contributed by atoms with Crippen molar-refractivity contribution in [3.63, 3.8) is 0 Å². The van der Waals surface area contributed by atoms with E-state index in [4.69, 9.17) is 10.00 Å². The first-order valence-corrected chi connectivity index (χ1v) is 7.26. The normalized spacial score (nSPS) is 11.2. The van der Waals surface area contributed by atoms with Crippen LogP contribution in [0.2, 0.25) is 0 Å². The predicted molar refractivity (Wildman–Crippen MR) is 81.9 cm³/mol. The third-order valence-electron chi connectivity index (χ3n) is 2.82. The van der Waals surface area contributed by atoms with E-state index in [1.165, 1.54) is 42.7 Å². The molecule has 23 heavy (non-hydrogen) atoms. The first-order valence-electron chi connectivity index (χ1n) is 6.38. The Morgan fingerprint density at radius 2 is 2.13 bits per heavy atom. The van der Waals surface area contributed by atoms with E-state index in [9.17, 15) is 13.6 Å². The van der Waals surface area contributed by atoms with E-state index < -0.39 is 12.4 Å². The lowest BCUT2D eigenvalue weighted by atomic mass is 10.1. The predicted octanol–water partition coefficient (Wildman–Crippen LogP) is 4.15. The van der Waals surface area contributed by atoms with Crippen LogP contribution in [-0.2, 0) is 0 Å². The second-order valence-electron chi connectivity index (χ2n) is 4.27. The lowest BCUT2D eigenvalue weighted by Gasteiger charge is -2.10. The quantitative estimate of drug-likeness (QED) is 0.452. The van der Waals surface area contributed by atoms with Gasteiger partial charge in [-0.25, -0.2) is 0 Å². The zero-order valence-corrected chi connectivity index (χ0v) is 12.8. The van der Waals surface area contributed by atoms with E-state index in [-0.39, 0.29) is 17.1 Å². The highest BCUT2D eigenvalue weighted by Crippen LogP contribution is 2.30. The van der Waals surface area contributed by atoms with Gasteiger partial charge in [-0.05, 0) is 35.2 Å². The molecule has 7 heteroatoms. The van der Waals surface area contributed by atoms with E-state index in [0.717, 1.165) is 0 Å². The summed E-state index contributed by atoms with van der Waals surface area (Å²) in [6, 6.07) is 9.38. The van der Waals surface area contributed by atoms with Crippen LogP contribution in [0.25, 0.3) is 6.08 Å². The van der Waals surface area contributed by atoms with Gasteiger partial charge >= 0.3 is 6.61 Å². The van der Waals surface area contributed by atoms with Gasteiger partial charge < -0.3 is 9.47 Å². The van der Waals surface area contributed by atoms with Gasteiger partial charge in [0, 0.05) is 0 Å². The number of carbonyl (C=O) groups is 1. The molecule has 2 aromatic rings. The number of allylic oxidation sites excluding steroid dienone is 1. The summed E-state index contributed by atoms with van der Waals surface area (Å²) in [5.74, 6) is -0.461. The van der Waals surface area contributed by atoms with Crippen molar-refractivity contribution in [3.05, 3.63) is 51.7 Å². The molecule has 0 saturated heterocycles. The number of ether oxygens (including phenoxy) is 2. The van der Waals surface area contributed by atoms with Crippen molar-refractivity contribution in [3.8, 4) is 17.6 Å². The number of alkyl halides is 2. The van der Waals surface area contributed by atoms with Crippen LogP contribution in [0.5, 0.6) is 11.5 Å². The number of rotatable bonds is 6. The molecule has 0 saturated carbocycles. The van der Waals surface area contributed by atoms with Crippen LogP contribution < -0.4 is 9.47 Å². The molecule has 118 valence electrons. The van der Waals surface area contributed by atoms with Crippen molar-refractivity contribution >= 4 is 23.2 Å². The average Bonchev–Trinajstić information content (AvgIpc) is 3.06. The molecule has 0 aliphatic heterocycles. The highest BCUT2D eigenvalue weighted by atomic mass is 32.1. The van der Waals surface area contributed by atoms with Gasteiger partial charge in [0.2, 0.25) is 5.78 Å². The van der Waals surface area contributed by atoms with Gasteiger partial charge in [-0.3, -0.25) is 4.79 Å². The number of methoxy groups -OCH3 is 1. The van der Waals surface area contributed by atoms with E-state index in [0.29, 0.717) is 10.4 Å². The highest BCUT2D eigenvalue weighted by Gasteiger charge is 2.15. The Bertz CT molecular complexity index is 764. The number of nitriles is 1. The topological polar surface area (TPSA) is 59.3 Å². The Morgan fingerprint density at radius 1 is 1.35 bits per heavy atom. The molecule has 0 aliphatic rings. The summed E-state index contributed by atoms with van der Waals surface area (Å²) in [5.41, 5.74) is 0.281. The fourth-order valence-corrected chi connectivity index (χ4v) is 2.50. The Hall–Kier alpha value is -2.72. The summed E-state index contributed by atoms with van der Waals surface area (Å²) in [6.45, 7) is -3.01. The smallest absolute Gasteiger partial charge is 0.387 e. The molecule has 0 spiro atoms. The highest BCUT2D eigenvalue weighted by molar-refractivity contribution is 7.12. The zero-order valence-electron chi connectivity index (χ0n) is 12.0. The Labute approximate surface area is 135 Å². The number of halogens is 2. The van der Waals surface area contributed by atoms with Gasteiger partial charge in [0.25, 0.3) is 0 Å². The number of hydrogen-bond donors (Lipinski definition) is 0. The largest absolute Gasteiger partial charge is 0.493 e. The number of carbonyl (C=O) groups excluding carboxylic acids is 1. The van der Waals surface area contributed by atoms with Crippen LogP contribution in [0, 0.1) is 11.3 Å². The minimum atomic E-state index is -3.01. The van der Waals surface area contributed by atoms with E-state index in [1.54, 1.807) is 17.5 Å². The molecule has 0 N–H and O–H groups in total. The molecule has 1 heterocycles. The van der Waals surface area contributed by atoms with Crippen molar-refractivity contribution in [2.45, 2.75) is 6.61 Å². The summed E-state index contributed by atoms with van der Waals surface area (Å²) in [7, 11) is 1.32. The summed E-state index contributed by atoms with van der Waals surface area (Å²) >= 11 is 1.22. The van der Waals surface area contributed by atoms with Gasteiger partial charge in [0.15, 0.2) is 11.5 Å². The van der Waals surface area contributed by atoms with E-state index >= 15 is 0 Å². The van der Waals surface area contributed by atoms with Gasteiger partial charge in [0.05, 0.1) is 12.0 Å². The maximum atomic E-state index is 12.4. The molecule has 0 unspecified atom stereocenters. The Kier molecular flexibility index (Phi) is 5.44.